The Kier molecular flexibility index (Phi) is 17.5. The predicted molar refractivity (Wildman–Crippen MR) is 615 cm³/mol. The second kappa shape index (κ2) is 31.8. The van der Waals surface area contributed by atoms with Crippen molar-refractivity contribution in [3.8, 4) is 113 Å². The third kappa shape index (κ3) is 12.4. The van der Waals surface area contributed by atoms with Gasteiger partial charge in [-0.05, 0) is 250 Å². The number of rotatable bonds is 11. The van der Waals surface area contributed by atoms with Crippen LogP contribution in [-0.2, 0) is 0 Å². The predicted octanol–water partition coefficient (Wildman–Crippen LogP) is 36.9. The molecule has 10 nitrogen and oxygen atoms in total. The molecule has 26 aromatic carbocycles. The van der Waals surface area contributed by atoms with Gasteiger partial charge in [0.05, 0.1) is 33.4 Å². The molecule has 0 bridgehead atoms. The Morgan fingerprint density at radius 2 is 0.432 bits per heavy atom. The number of benzene rings is 26. The van der Waals surface area contributed by atoms with Crippen LogP contribution in [0, 0.1) is 0 Å². The third-order valence-corrected chi connectivity index (χ3v) is 31.3. The number of para-hydroxylation sites is 5. The monoisotopic (exact) mass is 1880 g/mol. The van der Waals surface area contributed by atoms with Gasteiger partial charge in [-0.3, -0.25) is 0 Å². The highest BCUT2D eigenvalue weighted by atomic mass is 16.3. The lowest BCUT2D eigenvalue weighted by molar-refractivity contribution is 0.669. The number of aromatic nitrogens is 8. The van der Waals surface area contributed by atoms with Gasteiger partial charge < -0.3 is 18.0 Å². The summed E-state index contributed by atoms with van der Waals surface area (Å²) in [6.45, 7) is 0. The van der Waals surface area contributed by atoms with E-state index in [9.17, 15) is 0 Å². The zero-order valence-corrected chi connectivity index (χ0v) is 79.4. The lowest BCUT2D eigenvalue weighted by Crippen LogP contribution is -2.02. The van der Waals surface area contributed by atoms with Gasteiger partial charge in [-0.25, -0.2) is 29.9 Å². The lowest BCUT2D eigenvalue weighted by atomic mass is 9.89. The fourth-order valence-electron chi connectivity index (χ4n) is 24.5. The first kappa shape index (κ1) is 81.7. The van der Waals surface area contributed by atoms with E-state index in [-0.39, 0.29) is 0 Å². The van der Waals surface area contributed by atoms with Gasteiger partial charge in [-0.1, -0.05) is 358 Å². The van der Waals surface area contributed by atoms with Crippen LogP contribution in [0.1, 0.15) is 0 Å². The van der Waals surface area contributed by atoms with Crippen molar-refractivity contribution in [2.24, 2.45) is 0 Å². The minimum atomic E-state index is 0.527. The Balaban J connectivity index is 0.572. The van der Waals surface area contributed by atoms with Crippen molar-refractivity contribution in [3.05, 3.63) is 473 Å². The van der Waals surface area contributed by atoms with Crippen LogP contribution < -0.4 is 0 Å². The highest BCUT2D eigenvalue weighted by Crippen LogP contribution is 2.51. The summed E-state index contributed by atoms with van der Waals surface area (Å²) < 4.78 is 19.5. The molecular weight excluding hydrogens is 1800 g/mol. The number of hydrogen-bond acceptors (Lipinski definition) is 8. The van der Waals surface area contributed by atoms with Crippen LogP contribution in [0.5, 0.6) is 0 Å². The molecule has 0 spiro atoms. The normalized spacial score (nSPS) is 12.2. The summed E-state index contributed by atoms with van der Waals surface area (Å²) in [5.74, 6) is 3.27. The highest BCUT2D eigenvalue weighted by Gasteiger charge is 2.29. The molecule has 0 radical (unpaired) electrons. The zero-order valence-electron chi connectivity index (χ0n) is 79.4. The van der Waals surface area contributed by atoms with Crippen LogP contribution in [-0.4, -0.2) is 39.0 Å². The molecule has 0 unspecified atom stereocenters. The van der Waals surface area contributed by atoms with Crippen molar-refractivity contribution >= 4 is 217 Å². The first-order valence-electron chi connectivity index (χ1n) is 50.4. The SMILES string of the molecule is c1ccc2cc(-c3nc(-c4ccc(-n5c6ccccc6c6cc7ccccc7cc65)c(-c5cccc6c5oc5ccccc56)c4)nc(-c4cccc5c6cc(-c7ccc8c(c7)oc7c(-c9cc(-c%10nc(-c%11ccc%12c%13ccccc%13c%13ccccc%13c%12c%11)nc(-c%11ccc%12c%13ccccc%13c%13ccccc%13c%12c%11)n%10)ccc9-n9c%10ccccc%10c%10cc%11ccccc%11cc%109)cccc78)ccc6c6ccccc6c45)n3)ccc2c1. The average molecular weight is 1880 g/mol. The first-order chi connectivity index (χ1) is 73.3. The van der Waals surface area contributed by atoms with Crippen molar-refractivity contribution in [1.29, 1.82) is 0 Å². The molecule has 0 aliphatic carbocycles. The maximum absolute atomic E-state index is 7.62. The van der Waals surface area contributed by atoms with Crippen molar-refractivity contribution in [2.45, 2.75) is 0 Å². The van der Waals surface area contributed by atoms with E-state index in [1.807, 2.05) is 6.07 Å². The molecule has 0 saturated carbocycles. The van der Waals surface area contributed by atoms with Crippen LogP contribution in [0.3, 0.4) is 0 Å². The maximum Gasteiger partial charge on any atom is 0.164 e. The first-order valence-corrected chi connectivity index (χ1v) is 50.4. The van der Waals surface area contributed by atoms with Crippen molar-refractivity contribution in [2.75, 3.05) is 0 Å². The second-order valence-corrected chi connectivity index (χ2v) is 39.3. The maximum atomic E-state index is 7.62. The van der Waals surface area contributed by atoms with Crippen molar-refractivity contribution in [1.82, 2.24) is 39.0 Å². The molecule has 0 aliphatic heterocycles. The van der Waals surface area contributed by atoms with Gasteiger partial charge in [-0.15, -0.1) is 0 Å². The van der Waals surface area contributed by atoms with E-state index < -0.39 is 0 Å². The summed E-state index contributed by atoms with van der Waals surface area (Å²) in [6.07, 6.45) is 0. The Bertz CT molecular complexity index is 11200. The zero-order chi connectivity index (χ0) is 96.6. The van der Waals surface area contributed by atoms with E-state index in [2.05, 4.69) is 476 Å². The van der Waals surface area contributed by atoms with Gasteiger partial charge in [0.25, 0.3) is 0 Å². The van der Waals surface area contributed by atoms with Crippen LogP contribution in [0.25, 0.3) is 330 Å². The quantitative estimate of drug-likeness (QED) is 0.118. The van der Waals surface area contributed by atoms with Crippen molar-refractivity contribution < 1.29 is 8.83 Å². The second-order valence-electron chi connectivity index (χ2n) is 39.3. The minimum absolute atomic E-state index is 0.527. The highest BCUT2D eigenvalue weighted by molar-refractivity contribution is 6.31. The standard InChI is InChI=1S/C138H78N8O2/c1-2-27-80-68-87(55-54-79(80)26-1)133-139-137(91-61-67-124(120(75-91)112-48-24-46-110-106-43-19-22-53-128(106)147-131(110)112)145-122-51-20-17-41-104(122)118-70-81-28-3-5-30-83(81)76-126(118)145)144-138(143-133)114-50-23-45-109-117-69-85(56-62-103(117)98-38-15-16-44-108(98)130(109)114)86-57-65-107-111-47-25-49-113(132(111)148-129(107)78-86)121-74-90(60-66-125(121)146-123-52-21-18-42-105(123)119-71-82-29-4-6-31-84(82)77-127(119)146)136-141-134(88-58-63-101-96-36-9-7-32-92(96)94-34-11-13-39-99(94)115(101)72-88)140-135(142-136)89-59-64-102-97-37-10-8-33-93(97)95-35-12-14-40-100(95)116(102)73-89/h1-78H. The molecule has 0 aliphatic rings. The number of furan rings is 2. The number of hydrogen-bond donors (Lipinski definition) is 0. The molecule has 682 valence electrons. The summed E-state index contributed by atoms with van der Waals surface area (Å²) in [5, 5.41) is 36.2. The number of nitrogens with zero attached hydrogens (tertiary/aromatic N) is 8. The van der Waals surface area contributed by atoms with Gasteiger partial charge in [0.2, 0.25) is 0 Å². The van der Waals surface area contributed by atoms with Crippen LogP contribution in [0.15, 0.2) is 482 Å². The molecule has 0 N–H and O–H groups in total. The van der Waals surface area contributed by atoms with Gasteiger partial charge >= 0.3 is 0 Å². The third-order valence-electron chi connectivity index (χ3n) is 31.3. The summed E-state index contributed by atoms with van der Waals surface area (Å²) in [5.41, 5.74) is 20.4. The Morgan fingerprint density at radius 3 is 0.912 bits per heavy atom. The Morgan fingerprint density at radius 1 is 0.142 bits per heavy atom. The van der Waals surface area contributed by atoms with Gasteiger partial charge in [0.15, 0.2) is 34.9 Å². The van der Waals surface area contributed by atoms with Crippen molar-refractivity contribution in [3.63, 3.8) is 0 Å². The molecule has 148 heavy (non-hydrogen) atoms. The van der Waals surface area contributed by atoms with Crippen LogP contribution >= 0.6 is 0 Å². The summed E-state index contributed by atoms with van der Waals surface area (Å²) >= 11 is 0. The number of fused-ring (bicyclic) bond motifs is 33. The lowest BCUT2D eigenvalue weighted by Gasteiger charge is -2.17. The minimum Gasteiger partial charge on any atom is -0.455 e. The molecule has 0 amide bonds. The average Bonchev–Trinajstić information content (AvgIpc) is 1.38. The topological polar surface area (TPSA) is 113 Å². The molecule has 6 aromatic heterocycles. The van der Waals surface area contributed by atoms with Crippen LogP contribution in [0.2, 0.25) is 0 Å². The van der Waals surface area contributed by atoms with E-state index in [0.717, 1.165) is 241 Å². The molecule has 0 saturated heterocycles. The molecule has 0 fully saturated rings. The summed E-state index contributed by atoms with van der Waals surface area (Å²) in [6, 6.07) is 172. The van der Waals surface area contributed by atoms with E-state index in [1.165, 1.54) is 53.9 Å². The van der Waals surface area contributed by atoms with Gasteiger partial charge in [-0.2, -0.15) is 0 Å². The molecule has 6 heterocycles. The smallest absolute Gasteiger partial charge is 0.164 e. The summed E-state index contributed by atoms with van der Waals surface area (Å²) in [4.78, 5) is 34.0. The van der Waals surface area contributed by atoms with E-state index >= 15 is 0 Å². The Hall–Kier alpha value is -19.9. The van der Waals surface area contributed by atoms with E-state index in [1.54, 1.807) is 0 Å². The Labute approximate surface area is 844 Å². The molecule has 32 aromatic rings. The van der Waals surface area contributed by atoms with E-state index in [4.69, 9.17) is 38.7 Å². The molecular formula is C138H78N8O2. The van der Waals surface area contributed by atoms with Gasteiger partial charge in [0.1, 0.15) is 22.3 Å². The fourth-order valence-corrected chi connectivity index (χ4v) is 24.5. The molecule has 32 rings (SSSR count). The molecule has 0 atom stereocenters. The summed E-state index contributed by atoms with van der Waals surface area (Å²) in [7, 11) is 0. The van der Waals surface area contributed by atoms with E-state index in [0.29, 0.717) is 34.9 Å². The fraction of sp³-hybridized carbons (Fsp3) is 0. The molecule has 10 heteroatoms. The van der Waals surface area contributed by atoms with Gasteiger partial charge in [0, 0.05) is 104 Å². The van der Waals surface area contributed by atoms with Crippen LogP contribution in [0.4, 0.5) is 0 Å². The largest absolute Gasteiger partial charge is 0.455 e.